The van der Waals surface area contributed by atoms with Gasteiger partial charge >= 0.3 is 5.97 Å². The molecule has 0 saturated carbocycles. The molecule has 0 radical (unpaired) electrons. The number of ether oxygens (including phenoxy) is 2. The number of esters is 1. The number of aromatic nitrogens is 1. The van der Waals surface area contributed by atoms with E-state index < -0.39 is 0 Å². The summed E-state index contributed by atoms with van der Waals surface area (Å²) in [6.45, 7) is 3.15. The largest absolute Gasteiger partial charge is 1.00 e. The van der Waals surface area contributed by atoms with Gasteiger partial charge in [0, 0.05) is 23.7 Å². The lowest BCUT2D eigenvalue weighted by Gasteiger charge is -2.20. The number of nitriles is 1. The lowest BCUT2D eigenvalue weighted by atomic mass is 9.99. The van der Waals surface area contributed by atoms with Gasteiger partial charge < -0.3 is 32.5 Å². The number of aliphatic imine (C=N–C) groups is 1. The molecule has 2 heterocycles. The molecule has 1 aromatic heterocycles. The SMILES string of the molecule is N#CNC(=NCCCCCCOc1ccc(Cl)cc1)Nc1cc[n+](COC(=O)C2CCNCC2)cc1.[Cl-]. The van der Waals surface area contributed by atoms with Crippen LogP contribution in [0.5, 0.6) is 5.75 Å². The number of unbranched alkanes of at least 4 members (excludes halogenated alkanes) is 3. The average molecular weight is 550 g/mol. The summed E-state index contributed by atoms with van der Waals surface area (Å²) in [5.74, 6) is 1.06. The van der Waals surface area contributed by atoms with Crippen LogP contribution in [-0.2, 0) is 16.3 Å². The number of nitrogens with zero attached hydrogens (tertiary/aromatic N) is 3. The van der Waals surface area contributed by atoms with Crippen molar-refractivity contribution >= 4 is 29.2 Å². The quantitative estimate of drug-likeness (QED) is 0.0677. The molecule has 1 aliphatic rings. The van der Waals surface area contributed by atoms with Crippen LogP contribution in [0.1, 0.15) is 38.5 Å². The Labute approximate surface area is 229 Å². The van der Waals surface area contributed by atoms with Gasteiger partial charge in [0.1, 0.15) is 5.75 Å². The smallest absolute Gasteiger partial charge is 0.313 e. The number of carbonyl (C=O) groups is 1. The zero-order valence-electron chi connectivity index (χ0n) is 20.8. The van der Waals surface area contributed by atoms with Gasteiger partial charge in [-0.1, -0.05) is 18.0 Å². The summed E-state index contributed by atoms with van der Waals surface area (Å²) in [6.07, 6.45) is 11.1. The molecule has 3 N–H and O–H groups in total. The first kappa shape index (κ1) is 30.2. The molecule has 1 aliphatic heterocycles. The zero-order chi connectivity index (χ0) is 25.4. The van der Waals surface area contributed by atoms with Crippen molar-refractivity contribution in [1.29, 1.82) is 5.26 Å². The van der Waals surface area contributed by atoms with Gasteiger partial charge in [0.05, 0.1) is 18.2 Å². The number of rotatable bonds is 12. The summed E-state index contributed by atoms with van der Waals surface area (Å²) in [4.78, 5) is 16.6. The van der Waals surface area contributed by atoms with Crippen molar-refractivity contribution in [2.24, 2.45) is 10.9 Å². The molecular formula is C26H34Cl2N6O3. The molecule has 1 fully saturated rings. The summed E-state index contributed by atoms with van der Waals surface area (Å²) in [5.41, 5.74) is 0.775. The standard InChI is InChI=1S/C26H33ClN6O3.ClH/c27-22-5-7-24(8-6-22)35-18-4-2-1-3-13-30-26(31-19-28)32-23-11-16-33(17-12-23)20-36-25(34)21-9-14-29-15-10-21;/h5-8,11-12,16-17,21,29H,1-4,9-10,13-15,18,20H2,(H,30,31);1H. The number of benzene rings is 1. The second-order valence-corrected chi connectivity index (χ2v) is 8.96. The lowest BCUT2D eigenvalue weighted by Crippen LogP contribution is -3.00. The fourth-order valence-electron chi connectivity index (χ4n) is 3.72. The second-order valence-electron chi connectivity index (χ2n) is 8.53. The number of carbonyl (C=O) groups excluding carboxylic acids is 1. The van der Waals surface area contributed by atoms with E-state index in [1.807, 2.05) is 55.0 Å². The molecule has 0 unspecified atom stereocenters. The van der Waals surface area contributed by atoms with E-state index in [-0.39, 0.29) is 31.0 Å². The van der Waals surface area contributed by atoms with Crippen LogP contribution in [0.3, 0.4) is 0 Å². The number of halogens is 2. The van der Waals surface area contributed by atoms with E-state index in [9.17, 15) is 4.79 Å². The molecule has 37 heavy (non-hydrogen) atoms. The van der Waals surface area contributed by atoms with E-state index in [0.29, 0.717) is 24.1 Å². The van der Waals surface area contributed by atoms with Gasteiger partial charge in [-0.2, -0.15) is 9.83 Å². The fraction of sp³-hybridized carbons (Fsp3) is 0.462. The molecule has 0 amide bonds. The Balaban J connectivity index is 0.00000481. The molecule has 0 bridgehead atoms. The van der Waals surface area contributed by atoms with Crippen molar-refractivity contribution in [3.8, 4) is 11.9 Å². The maximum Gasteiger partial charge on any atom is 0.313 e. The molecule has 11 heteroatoms. The van der Waals surface area contributed by atoms with E-state index in [1.54, 1.807) is 4.57 Å². The molecule has 3 rings (SSSR count). The Hall–Kier alpha value is -3.06. The van der Waals surface area contributed by atoms with E-state index in [1.165, 1.54) is 0 Å². The van der Waals surface area contributed by atoms with E-state index in [0.717, 1.165) is 63.1 Å². The summed E-state index contributed by atoms with van der Waals surface area (Å²) in [7, 11) is 0. The molecule has 9 nitrogen and oxygen atoms in total. The number of nitrogens with one attached hydrogen (secondary N) is 3. The van der Waals surface area contributed by atoms with Crippen LogP contribution >= 0.6 is 11.6 Å². The van der Waals surface area contributed by atoms with Crippen molar-refractivity contribution in [3.05, 3.63) is 53.8 Å². The molecule has 1 saturated heterocycles. The monoisotopic (exact) mass is 548 g/mol. The first-order chi connectivity index (χ1) is 17.6. The van der Waals surface area contributed by atoms with Gasteiger partial charge in [0.2, 0.25) is 5.96 Å². The Morgan fingerprint density at radius 1 is 1.11 bits per heavy atom. The molecule has 1 aromatic carbocycles. The summed E-state index contributed by atoms with van der Waals surface area (Å²) < 4.78 is 12.9. The van der Waals surface area contributed by atoms with E-state index >= 15 is 0 Å². The van der Waals surface area contributed by atoms with Gasteiger partial charge in [0.15, 0.2) is 18.6 Å². The maximum absolute atomic E-state index is 12.2. The van der Waals surface area contributed by atoms with Gasteiger partial charge in [-0.25, -0.2) is 0 Å². The molecule has 200 valence electrons. The molecule has 0 atom stereocenters. The van der Waals surface area contributed by atoms with Crippen molar-refractivity contribution in [3.63, 3.8) is 0 Å². The van der Waals surface area contributed by atoms with Crippen LogP contribution in [0.15, 0.2) is 53.8 Å². The summed E-state index contributed by atoms with van der Waals surface area (Å²) in [5, 5.41) is 18.7. The topological polar surface area (TPSA) is 112 Å². The third-order valence-corrected chi connectivity index (χ3v) is 6.01. The van der Waals surface area contributed by atoms with Crippen LogP contribution in [0.2, 0.25) is 5.02 Å². The summed E-state index contributed by atoms with van der Waals surface area (Å²) >= 11 is 5.87. The first-order valence-electron chi connectivity index (χ1n) is 12.4. The number of hydrogen-bond acceptors (Lipinski definition) is 6. The van der Waals surface area contributed by atoms with Crippen molar-refractivity contribution in [1.82, 2.24) is 10.6 Å². The van der Waals surface area contributed by atoms with Gasteiger partial charge in [-0.3, -0.25) is 15.1 Å². The third-order valence-electron chi connectivity index (χ3n) is 5.76. The van der Waals surface area contributed by atoms with Gasteiger partial charge in [-0.15, -0.1) is 0 Å². The predicted octanol–water partition coefficient (Wildman–Crippen LogP) is 0.610. The Bertz CT molecular complexity index is 1010. The number of anilines is 1. The number of guanidine groups is 1. The van der Waals surface area contributed by atoms with Crippen molar-refractivity contribution in [2.45, 2.75) is 45.3 Å². The molecule has 0 spiro atoms. The highest BCUT2D eigenvalue weighted by Crippen LogP contribution is 2.16. The predicted molar refractivity (Wildman–Crippen MR) is 138 cm³/mol. The van der Waals surface area contributed by atoms with Crippen LogP contribution in [0.4, 0.5) is 5.69 Å². The normalized spacial score (nSPS) is 13.7. The highest BCUT2D eigenvalue weighted by atomic mass is 35.5. The summed E-state index contributed by atoms with van der Waals surface area (Å²) in [6, 6.07) is 11.0. The molecular weight excluding hydrogens is 515 g/mol. The third kappa shape index (κ3) is 11.7. The second kappa shape index (κ2) is 17.4. The van der Waals surface area contributed by atoms with Crippen LogP contribution in [0.25, 0.3) is 0 Å². The highest BCUT2D eigenvalue weighted by molar-refractivity contribution is 6.30. The van der Waals surface area contributed by atoms with E-state index in [4.69, 9.17) is 26.3 Å². The first-order valence-corrected chi connectivity index (χ1v) is 12.7. The van der Waals surface area contributed by atoms with Gasteiger partial charge in [-0.05, 0) is 69.5 Å². The van der Waals surface area contributed by atoms with Crippen molar-refractivity contribution in [2.75, 3.05) is 31.6 Å². The fourth-order valence-corrected chi connectivity index (χ4v) is 3.85. The van der Waals surface area contributed by atoms with Crippen LogP contribution in [-0.4, -0.2) is 38.2 Å². The number of piperidine rings is 1. The minimum Gasteiger partial charge on any atom is -1.00 e. The van der Waals surface area contributed by atoms with Crippen molar-refractivity contribution < 1.29 is 31.2 Å². The number of pyridine rings is 1. The van der Waals surface area contributed by atoms with E-state index in [2.05, 4.69) is 20.9 Å². The van der Waals surface area contributed by atoms with Crippen LogP contribution in [0, 0.1) is 17.4 Å². The number of hydrogen-bond donors (Lipinski definition) is 3. The minimum atomic E-state index is -0.145. The molecule has 2 aromatic rings. The van der Waals surface area contributed by atoms with Crippen LogP contribution < -0.4 is 37.7 Å². The average Bonchev–Trinajstić information content (AvgIpc) is 2.91. The zero-order valence-corrected chi connectivity index (χ0v) is 22.3. The van der Waals surface area contributed by atoms with Gasteiger partial charge in [0.25, 0.3) is 6.73 Å². The Morgan fingerprint density at radius 3 is 2.51 bits per heavy atom. The Morgan fingerprint density at radius 2 is 1.81 bits per heavy atom. The molecule has 0 aliphatic carbocycles. The highest BCUT2D eigenvalue weighted by Gasteiger charge is 2.23. The maximum atomic E-state index is 12.2. The lowest BCUT2D eigenvalue weighted by molar-refractivity contribution is -0.727. The minimum absolute atomic E-state index is 0. The Kier molecular flexibility index (Phi) is 14.2.